The fourth-order valence-electron chi connectivity index (χ4n) is 3.68. The fraction of sp³-hybridized carbons (Fsp3) is 0.720. The van der Waals surface area contributed by atoms with Crippen molar-refractivity contribution >= 4 is 14.3 Å². The molecule has 0 amide bonds. The van der Waals surface area contributed by atoms with Gasteiger partial charge in [-0.05, 0) is 38.9 Å². The zero-order chi connectivity index (χ0) is 24.6. The molecule has 2 fully saturated rings. The van der Waals surface area contributed by atoms with Gasteiger partial charge in [0.15, 0.2) is 20.7 Å². The molecule has 1 N–H and O–H groups in total. The molecular formula is C25H40O7Si. The van der Waals surface area contributed by atoms with E-state index in [2.05, 4.69) is 33.9 Å². The minimum Gasteiger partial charge on any atom is -0.456 e. The van der Waals surface area contributed by atoms with Crippen LogP contribution in [0.15, 0.2) is 30.3 Å². The van der Waals surface area contributed by atoms with Crippen LogP contribution >= 0.6 is 0 Å². The molecule has 0 unspecified atom stereocenters. The van der Waals surface area contributed by atoms with Crippen molar-refractivity contribution in [2.45, 2.75) is 96.5 Å². The van der Waals surface area contributed by atoms with Crippen LogP contribution in [0.4, 0.5) is 0 Å². The molecule has 0 aromatic heterocycles. The number of rotatable bonds is 5. The highest BCUT2D eigenvalue weighted by molar-refractivity contribution is 6.74. The van der Waals surface area contributed by atoms with E-state index in [1.54, 1.807) is 20.8 Å². The van der Waals surface area contributed by atoms with Crippen LogP contribution in [0.2, 0.25) is 18.1 Å². The monoisotopic (exact) mass is 480 g/mol. The predicted molar refractivity (Wildman–Crippen MR) is 127 cm³/mol. The zero-order valence-corrected chi connectivity index (χ0v) is 22.2. The molecule has 8 heteroatoms. The van der Waals surface area contributed by atoms with Crippen LogP contribution in [0.1, 0.15) is 53.4 Å². The number of carbonyl (C=O) groups excluding carboxylic acids is 1. The van der Waals surface area contributed by atoms with Gasteiger partial charge in [-0.15, -0.1) is 0 Å². The van der Waals surface area contributed by atoms with E-state index in [-0.39, 0.29) is 24.2 Å². The van der Waals surface area contributed by atoms with Gasteiger partial charge in [0.05, 0.1) is 18.6 Å². The lowest BCUT2D eigenvalue weighted by atomic mass is 9.93. The molecule has 2 aliphatic heterocycles. The van der Waals surface area contributed by atoms with Gasteiger partial charge in [-0.25, -0.2) is 0 Å². The predicted octanol–water partition coefficient (Wildman–Crippen LogP) is 4.21. The highest BCUT2D eigenvalue weighted by Gasteiger charge is 2.55. The van der Waals surface area contributed by atoms with Crippen LogP contribution in [-0.2, 0) is 28.2 Å². The Hall–Kier alpha value is -1.29. The average Bonchev–Trinajstić information content (AvgIpc) is 2.73. The quantitative estimate of drug-likeness (QED) is 0.499. The normalized spacial score (nSPS) is 31.1. The van der Waals surface area contributed by atoms with Gasteiger partial charge in [0.2, 0.25) is 0 Å². The summed E-state index contributed by atoms with van der Waals surface area (Å²) in [6, 6.07) is 9.71. The number of carbonyl (C=O) groups is 1. The van der Waals surface area contributed by atoms with Crippen LogP contribution in [-0.4, -0.2) is 63.1 Å². The maximum atomic E-state index is 12.9. The molecule has 1 aromatic rings. The molecule has 0 aliphatic carbocycles. The summed E-state index contributed by atoms with van der Waals surface area (Å²) >= 11 is 0. The molecule has 186 valence electrons. The summed E-state index contributed by atoms with van der Waals surface area (Å²) in [5, 5.41) is 10.1. The summed E-state index contributed by atoms with van der Waals surface area (Å²) in [5.74, 6) is -0.372. The number of aliphatic hydroxyl groups excluding tert-OH is 1. The van der Waals surface area contributed by atoms with Gasteiger partial charge in [-0.2, -0.15) is 0 Å². The Bertz CT molecular complexity index is 799. The number of benzene rings is 1. The van der Waals surface area contributed by atoms with E-state index in [1.165, 1.54) is 0 Å². The fourth-order valence-corrected chi connectivity index (χ4v) is 4.98. The molecule has 3 rings (SSSR count). The molecule has 1 aromatic carbocycles. The standard InChI is InChI=1S/C25H40O7Si/c1-24(2,3)23(27)31-19-17(14-26)29-18-15-28-22(16-12-10-9-11-13-16)30-20(18)21(19)32-33(7,8)25(4,5)6/h9-13,17-22,26H,14-15H2,1-8H3/t17-,18+,19+,20+,21+,22-/m1/s1. The maximum absolute atomic E-state index is 12.9. The number of ether oxygens (including phenoxy) is 4. The molecular weight excluding hydrogens is 440 g/mol. The zero-order valence-electron chi connectivity index (χ0n) is 21.2. The molecule has 33 heavy (non-hydrogen) atoms. The van der Waals surface area contributed by atoms with E-state index in [0.29, 0.717) is 0 Å². The average molecular weight is 481 g/mol. The lowest BCUT2D eigenvalue weighted by molar-refractivity contribution is -0.329. The summed E-state index contributed by atoms with van der Waals surface area (Å²) in [6.45, 7) is 16.2. The van der Waals surface area contributed by atoms with E-state index in [9.17, 15) is 9.90 Å². The first kappa shape index (κ1) is 26.3. The lowest BCUT2D eigenvalue weighted by Gasteiger charge is -2.52. The first-order valence-corrected chi connectivity index (χ1v) is 14.6. The maximum Gasteiger partial charge on any atom is 0.311 e. The molecule has 0 spiro atoms. The molecule has 7 nitrogen and oxygen atoms in total. The number of hydrogen-bond acceptors (Lipinski definition) is 7. The van der Waals surface area contributed by atoms with Crippen LogP contribution in [0.3, 0.4) is 0 Å². The second-order valence-electron chi connectivity index (χ2n) is 11.5. The van der Waals surface area contributed by atoms with Crippen LogP contribution in [0.5, 0.6) is 0 Å². The van der Waals surface area contributed by atoms with Crippen molar-refractivity contribution < 1.29 is 33.3 Å². The Morgan fingerprint density at radius 3 is 2.24 bits per heavy atom. The minimum atomic E-state index is -2.30. The highest BCUT2D eigenvalue weighted by Crippen LogP contribution is 2.42. The third kappa shape index (κ3) is 5.86. The van der Waals surface area contributed by atoms with Crippen molar-refractivity contribution in [2.24, 2.45) is 5.41 Å². The van der Waals surface area contributed by atoms with Gasteiger partial charge in [-0.1, -0.05) is 51.1 Å². The first-order chi connectivity index (χ1) is 15.2. The van der Waals surface area contributed by atoms with Crippen molar-refractivity contribution in [1.82, 2.24) is 0 Å². The third-order valence-corrected chi connectivity index (χ3v) is 11.2. The van der Waals surface area contributed by atoms with Crippen molar-refractivity contribution in [1.29, 1.82) is 0 Å². The van der Waals surface area contributed by atoms with Crippen molar-refractivity contribution in [3.05, 3.63) is 35.9 Å². The second-order valence-corrected chi connectivity index (χ2v) is 16.3. The Morgan fingerprint density at radius 1 is 1.06 bits per heavy atom. The third-order valence-electron chi connectivity index (χ3n) is 6.77. The molecule has 2 heterocycles. The largest absolute Gasteiger partial charge is 0.456 e. The summed E-state index contributed by atoms with van der Waals surface area (Å²) in [6.07, 6.45) is -3.66. The van der Waals surface area contributed by atoms with Crippen LogP contribution < -0.4 is 0 Å². The lowest BCUT2D eigenvalue weighted by Crippen LogP contribution is -2.66. The Kier molecular flexibility index (Phi) is 7.78. The van der Waals surface area contributed by atoms with Crippen LogP contribution in [0.25, 0.3) is 0 Å². The van der Waals surface area contributed by atoms with Gasteiger partial charge in [0.25, 0.3) is 0 Å². The molecule has 0 radical (unpaired) electrons. The smallest absolute Gasteiger partial charge is 0.311 e. The summed E-state index contributed by atoms with van der Waals surface area (Å²) in [4.78, 5) is 12.9. The Morgan fingerprint density at radius 2 is 1.70 bits per heavy atom. The molecule has 0 bridgehead atoms. The summed E-state index contributed by atoms with van der Waals surface area (Å²) in [5.41, 5.74) is 0.191. The van der Waals surface area contributed by atoms with Crippen LogP contribution in [0, 0.1) is 5.41 Å². The number of hydrogen-bond donors (Lipinski definition) is 1. The highest BCUT2D eigenvalue weighted by atomic mass is 28.4. The van der Waals surface area contributed by atoms with Gasteiger partial charge >= 0.3 is 5.97 Å². The van der Waals surface area contributed by atoms with E-state index in [0.717, 1.165) is 5.56 Å². The van der Waals surface area contributed by atoms with E-state index in [4.69, 9.17) is 23.4 Å². The van der Waals surface area contributed by atoms with E-state index in [1.807, 2.05) is 30.3 Å². The first-order valence-electron chi connectivity index (χ1n) is 11.7. The van der Waals surface area contributed by atoms with Crippen molar-refractivity contribution in [2.75, 3.05) is 13.2 Å². The number of esters is 1. The summed E-state index contributed by atoms with van der Waals surface area (Å²) in [7, 11) is -2.30. The SMILES string of the molecule is CC(C)(C)C(=O)O[C@@H]1[C@H](O[Si](C)(C)C(C)(C)C)[C@H]2O[C@H](c3ccccc3)OC[C@@H]2O[C@@H]1CO. The van der Waals surface area contributed by atoms with E-state index < -0.39 is 50.5 Å². The second kappa shape index (κ2) is 9.75. The topological polar surface area (TPSA) is 83.5 Å². The Balaban J connectivity index is 1.97. The minimum absolute atomic E-state index is 0.0713. The summed E-state index contributed by atoms with van der Waals surface area (Å²) < 4.78 is 31.3. The Labute approximate surface area is 198 Å². The number of aliphatic hydroxyl groups is 1. The van der Waals surface area contributed by atoms with Gasteiger partial charge in [-0.3, -0.25) is 4.79 Å². The molecule has 0 saturated carbocycles. The van der Waals surface area contributed by atoms with Crippen molar-refractivity contribution in [3.63, 3.8) is 0 Å². The number of fused-ring (bicyclic) bond motifs is 1. The molecule has 6 atom stereocenters. The van der Waals surface area contributed by atoms with Gasteiger partial charge < -0.3 is 28.5 Å². The van der Waals surface area contributed by atoms with Gasteiger partial charge in [0, 0.05) is 5.56 Å². The van der Waals surface area contributed by atoms with Crippen molar-refractivity contribution in [3.8, 4) is 0 Å². The molecule has 2 aliphatic rings. The van der Waals surface area contributed by atoms with E-state index >= 15 is 0 Å². The van der Waals surface area contributed by atoms with Gasteiger partial charge in [0.1, 0.15) is 24.4 Å². The molecule has 2 saturated heterocycles.